The Balaban J connectivity index is 1.94. The maximum atomic E-state index is 11.9. The summed E-state index contributed by atoms with van der Waals surface area (Å²) in [5.41, 5.74) is 2.15. The zero-order chi connectivity index (χ0) is 14.4. The average molecular weight is 269 g/mol. The number of benzene rings is 1. The van der Waals surface area contributed by atoms with E-state index < -0.39 is 0 Å². The highest BCUT2D eigenvalue weighted by atomic mass is 16.2. The van der Waals surface area contributed by atoms with Crippen molar-refractivity contribution in [2.75, 3.05) is 23.8 Å². The predicted octanol–water partition coefficient (Wildman–Crippen LogP) is 1.97. The van der Waals surface area contributed by atoms with Crippen LogP contribution in [0, 0.1) is 0 Å². The molecule has 0 saturated heterocycles. The molecule has 1 amide bonds. The monoisotopic (exact) mass is 269 g/mol. The van der Waals surface area contributed by atoms with E-state index >= 15 is 0 Å². The Morgan fingerprint density at radius 3 is 2.65 bits per heavy atom. The van der Waals surface area contributed by atoms with E-state index in [0.717, 1.165) is 12.0 Å². The quantitative estimate of drug-likeness (QED) is 0.843. The van der Waals surface area contributed by atoms with Crippen molar-refractivity contribution in [3.63, 3.8) is 0 Å². The molecule has 5 nitrogen and oxygen atoms in total. The molecular formula is C15H15N3O2. The third-order valence-corrected chi connectivity index (χ3v) is 2.80. The van der Waals surface area contributed by atoms with Gasteiger partial charge in [-0.3, -0.25) is 14.6 Å². The third kappa shape index (κ3) is 3.65. The molecule has 0 aliphatic carbocycles. The lowest BCUT2D eigenvalue weighted by Gasteiger charge is -2.18. The number of aromatic nitrogens is 1. The molecule has 1 heterocycles. The number of rotatable bonds is 5. The summed E-state index contributed by atoms with van der Waals surface area (Å²) in [6.45, 7) is 0.218. The molecule has 20 heavy (non-hydrogen) atoms. The van der Waals surface area contributed by atoms with Crippen molar-refractivity contribution < 1.29 is 9.59 Å². The maximum absolute atomic E-state index is 11.9. The molecule has 0 aliphatic rings. The van der Waals surface area contributed by atoms with Crippen LogP contribution in [-0.2, 0) is 4.79 Å². The van der Waals surface area contributed by atoms with Gasteiger partial charge in [0, 0.05) is 24.5 Å². The number of amides is 1. The van der Waals surface area contributed by atoms with Crippen LogP contribution in [0.2, 0.25) is 0 Å². The zero-order valence-corrected chi connectivity index (χ0v) is 11.1. The highest BCUT2D eigenvalue weighted by molar-refractivity contribution is 5.93. The fraction of sp³-hybridized carbons (Fsp3) is 0.133. The molecule has 5 heteroatoms. The van der Waals surface area contributed by atoms with Crippen LogP contribution < -0.4 is 10.2 Å². The summed E-state index contributed by atoms with van der Waals surface area (Å²) in [6, 6.07) is 10.6. The van der Waals surface area contributed by atoms with Crippen molar-refractivity contribution in [1.82, 2.24) is 4.98 Å². The standard InChI is InChI=1S/C15H15N3O2/c1-18(14-6-4-12(11-19)5-7-14)10-15(20)17-13-3-2-8-16-9-13/h2-9,11H,10H2,1H3,(H,17,20). The fourth-order valence-corrected chi connectivity index (χ4v) is 1.75. The van der Waals surface area contributed by atoms with Crippen LogP contribution in [-0.4, -0.2) is 30.8 Å². The predicted molar refractivity (Wildman–Crippen MR) is 78.0 cm³/mol. The lowest BCUT2D eigenvalue weighted by atomic mass is 10.2. The number of pyridine rings is 1. The summed E-state index contributed by atoms with van der Waals surface area (Å²) in [5, 5.41) is 2.77. The van der Waals surface area contributed by atoms with Crippen LogP contribution in [0.4, 0.5) is 11.4 Å². The van der Waals surface area contributed by atoms with Crippen LogP contribution >= 0.6 is 0 Å². The first-order valence-electron chi connectivity index (χ1n) is 6.15. The first kappa shape index (κ1) is 13.7. The van der Waals surface area contributed by atoms with Gasteiger partial charge in [-0.05, 0) is 36.4 Å². The van der Waals surface area contributed by atoms with Crippen molar-refractivity contribution in [2.24, 2.45) is 0 Å². The topological polar surface area (TPSA) is 62.3 Å². The molecule has 1 aromatic carbocycles. The summed E-state index contributed by atoms with van der Waals surface area (Å²) in [5.74, 6) is -0.125. The van der Waals surface area contributed by atoms with Crippen molar-refractivity contribution in [3.05, 3.63) is 54.4 Å². The van der Waals surface area contributed by atoms with E-state index in [0.29, 0.717) is 11.3 Å². The van der Waals surface area contributed by atoms with Gasteiger partial charge in [0.15, 0.2) is 0 Å². The summed E-state index contributed by atoms with van der Waals surface area (Å²) in [6.07, 6.45) is 4.03. The first-order valence-corrected chi connectivity index (χ1v) is 6.15. The summed E-state index contributed by atoms with van der Waals surface area (Å²) >= 11 is 0. The molecule has 0 fully saturated rings. The Hall–Kier alpha value is -2.69. The van der Waals surface area contributed by atoms with Gasteiger partial charge in [0.1, 0.15) is 6.29 Å². The SMILES string of the molecule is CN(CC(=O)Nc1cccnc1)c1ccc(C=O)cc1. The van der Waals surface area contributed by atoms with E-state index in [4.69, 9.17) is 0 Å². The summed E-state index contributed by atoms with van der Waals surface area (Å²) in [7, 11) is 1.82. The molecule has 0 unspecified atom stereocenters. The van der Waals surface area contributed by atoms with Gasteiger partial charge in [0.2, 0.25) is 5.91 Å². The van der Waals surface area contributed by atoms with Gasteiger partial charge < -0.3 is 10.2 Å². The van der Waals surface area contributed by atoms with E-state index in [9.17, 15) is 9.59 Å². The van der Waals surface area contributed by atoms with Crippen LogP contribution in [0.25, 0.3) is 0 Å². The minimum Gasteiger partial charge on any atom is -0.365 e. The van der Waals surface area contributed by atoms with Gasteiger partial charge in [-0.15, -0.1) is 0 Å². The second kappa shape index (κ2) is 6.47. The Labute approximate surface area is 117 Å². The molecule has 0 aliphatic heterocycles. The number of nitrogens with zero attached hydrogens (tertiary/aromatic N) is 2. The molecule has 1 N–H and O–H groups in total. The maximum Gasteiger partial charge on any atom is 0.243 e. The van der Waals surface area contributed by atoms with E-state index in [1.54, 1.807) is 53.7 Å². The molecule has 102 valence electrons. The number of carbonyl (C=O) groups excluding carboxylic acids is 2. The van der Waals surface area contributed by atoms with Crippen LogP contribution in [0.5, 0.6) is 0 Å². The lowest BCUT2D eigenvalue weighted by Crippen LogP contribution is -2.30. The van der Waals surface area contributed by atoms with Gasteiger partial charge in [-0.25, -0.2) is 0 Å². The Kier molecular flexibility index (Phi) is 4.44. The third-order valence-electron chi connectivity index (χ3n) is 2.80. The Morgan fingerprint density at radius 1 is 1.30 bits per heavy atom. The molecule has 0 bridgehead atoms. The second-order valence-corrected chi connectivity index (χ2v) is 4.36. The Morgan fingerprint density at radius 2 is 2.05 bits per heavy atom. The van der Waals surface area contributed by atoms with E-state index in [2.05, 4.69) is 10.3 Å². The average Bonchev–Trinajstić information content (AvgIpc) is 2.48. The normalized spacial score (nSPS) is 9.85. The van der Waals surface area contributed by atoms with Crippen LogP contribution in [0.15, 0.2) is 48.8 Å². The molecule has 0 atom stereocenters. The van der Waals surface area contributed by atoms with E-state index in [1.165, 1.54) is 0 Å². The van der Waals surface area contributed by atoms with E-state index in [1.807, 2.05) is 7.05 Å². The molecule has 2 aromatic rings. The van der Waals surface area contributed by atoms with Crippen molar-refractivity contribution in [3.8, 4) is 0 Å². The molecule has 2 rings (SSSR count). The smallest absolute Gasteiger partial charge is 0.243 e. The van der Waals surface area contributed by atoms with Gasteiger partial charge >= 0.3 is 0 Å². The number of aldehydes is 1. The molecule has 0 saturated carbocycles. The van der Waals surface area contributed by atoms with Gasteiger partial charge in [0.25, 0.3) is 0 Å². The first-order chi connectivity index (χ1) is 9.69. The van der Waals surface area contributed by atoms with Crippen LogP contribution in [0.1, 0.15) is 10.4 Å². The number of hydrogen-bond acceptors (Lipinski definition) is 4. The molecule has 1 aromatic heterocycles. The number of nitrogens with one attached hydrogen (secondary N) is 1. The molecule has 0 radical (unpaired) electrons. The lowest BCUT2D eigenvalue weighted by molar-refractivity contribution is -0.114. The number of likely N-dealkylation sites (N-methyl/N-ethyl adjacent to an activating group) is 1. The highest BCUT2D eigenvalue weighted by Gasteiger charge is 2.07. The highest BCUT2D eigenvalue weighted by Crippen LogP contribution is 2.13. The summed E-state index contributed by atoms with van der Waals surface area (Å²) < 4.78 is 0. The number of carbonyl (C=O) groups is 2. The molecular weight excluding hydrogens is 254 g/mol. The minimum absolute atomic E-state index is 0.125. The van der Waals surface area contributed by atoms with Crippen molar-refractivity contribution in [1.29, 1.82) is 0 Å². The minimum atomic E-state index is -0.125. The molecule has 0 spiro atoms. The summed E-state index contributed by atoms with van der Waals surface area (Å²) in [4.78, 5) is 28.2. The van der Waals surface area contributed by atoms with Gasteiger partial charge in [0.05, 0.1) is 18.4 Å². The number of anilines is 2. The number of hydrogen-bond donors (Lipinski definition) is 1. The largest absolute Gasteiger partial charge is 0.365 e. The zero-order valence-electron chi connectivity index (χ0n) is 11.1. The van der Waals surface area contributed by atoms with Crippen LogP contribution in [0.3, 0.4) is 0 Å². The second-order valence-electron chi connectivity index (χ2n) is 4.36. The Bertz CT molecular complexity index is 582. The van der Waals surface area contributed by atoms with Gasteiger partial charge in [-0.2, -0.15) is 0 Å². The van der Waals surface area contributed by atoms with Crippen molar-refractivity contribution in [2.45, 2.75) is 0 Å². The van der Waals surface area contributed by atoms with E-state index in [-0.39, 0.29) is 12.5 Å². The fourth-order valence-electron chi connectivity index (χ4n) is 1.75. The van der Waals surface area contributed by atoms with Gasteiger partial charge in [-0.1, -0.05) is 0 Å². The van der Waals surface area contributed by atoms with Crippen molar-refractivity contribution >= 4 is 23.6 Å².